The van der Waals surface area contributed by atoms with Crippen LogP contribution in [0.15, 0.2) is 53.4 Å². The molecular weight excluding hydrogens is 380 g/mol. The molecule has 0 saturated carbocycles. The minimum absolute atomic E-state index is 0.0800. The zero-order valence-electron chi connectivity index (χ0n) is 16.0. The van der Waals surface area contributed by atoms with E-state index in [0.717, 1.165) is 5.56 Å². The van der Waals surface area contributed by atoms with Gasteiger partial charge in [0, 0.05) is 26.7 Å². The minimum atomic E-state index is -3.88. The summed E-state index contributed by atoms with van der Waals surface area (Å²) in [6, 6.07) is 14.1. The second-order valence-corrected chi connectivity index (χ2v) is 8.61. The van der Waals surface area contributed by atoms with Crippen molar-refractivity contribution in [2.24, 2.45) is 0 Å². The number of hydrogen-bond donors (Lipinski definition) is 0. The molecule has 2 aromatic rings. The van der Waals surface area contributed by atoms with Crippen LogP contribution in [0.5, 0.6) is 11.5 Å². The molecule has 0 unspecified atom stereocenters. The van der Waals surface area contributed by atoms with Gasteiger partial charge >= 0.3 is 0 Å². The van der Waals surface area contributed by atoms with E-state index in [2.05, 4.69) is 0 Å². The number of carbonyl (C=O) groups is 1. The Morgan fingerprint density at radius 1 is 1.00 bits per heavy atom. The second-order valence-electron chi connectivity index (χ2n) is 6.67. The van der Waals surface area contributed by atoms with E-state index in [4.69, 9.17) is 9.47 Å². The maximum atomic E-state index is 13.3. The molecule has 7 nitrogen and oxygen atoms in total. The van der Waals surface area contributed by atoms with Gasteiger partial charge in [-0.05, 0) is 24.1 Å². The third-order valence-corrected chi connectivity index (χ3v) is 6.30. The number of benzene rings is 2. The first-order valence-electron chi connectivity index (χ1n) is 9.02. The quantitative estimate of drug-likeness (QED) is 0.703. The standard InChI is InChI=1S/C20H24N2O5S/c1-21(2)20(23)15-22(11-10-16-6-4-3-5-7-16)28(24,25)17-8-9-18-19(14-17)27-13-12-26-18/h3-9,14H,10-13,15H2,1-2H3. The van der Waals surface area contributed by atoms with Crippen molar-refractivity contribution in [3.63, 3.8) is 0 Å². The van der Waals surface area contributed by atoms with E-state index in [9.17, 15) is 13.2 Å². The summed E-state index contributed by atoms with van der Waals surface area (Å²) < 4.78 is 38.7. The molecular formula is C20H24N2O5S. The predicted octanol–water partition coefficient (Wildman–Crippen LogP) is 1.78. The molecule has 2 aromatic carbocycles. The van der Waals surface area contributed by atoms with Gasteiger partial charge in [0.05, 0.1) is 11.4 Å². The zero-order valence-corrected chi connectivity index (χ0v) is 16.8. The van der Waals surface area contributed by atoms with Crippen molar-refractivity contribution in [3.8, 4) is 11.5 Å². The van der Waals surface area contributed by atoms with Crippen LogP contribution in [0.4, 0.5) is 0 Å². The molecule has 28 heavy (non-hydrogen) atoms. The lowest BCUT2D eigenvalue weighted by atomic mass is 10.1. The molecule has 8 heteroatoms. The fourth-order valence-corrected chi connectivity index (χ4v) is 4.21. The number of fused-ring (bicyclic) bond motifs is 1. The summed E-state index contributed by atoms with van der Waals surface area (Å²) in [5.41, 5.74) is 1.00. The van der Waals surface area contributed by atoms with E-state index in [-0.39, 0.29) is 23.9 Å². The third-order valence-electron chi connectivity index (χ3n) is 4.45. The Hall–Kier alpha value is -2.58. The van der Waals surface area contributed by atoms with Gasteiger partial charge in [-0.25, -0.2) is 8.42 Å². The molecule has 0 aromatic heterocycles. The fraction of sp³-hybridized carbons (Fsp3) is 0.350. The Bertz CT molecular complexity index is 929. The molecule has 1 heterocycles. The molecule has 0 spiro atoms. The number of hydrogen-bond acceptors (Lipinski definition) is 5. The molecule has 1 aliphatic heterocycles. The smallest absolute Gasteiger partial charge is 0.243 e. The Kier molecular flexibility index (Phi) is 6.21. The third kappa shape index (κ3) is 4.63. The number of amides is 1. The summed E-state index contributed by atoms with van der Waals surface area (Å²) >= 11 is 0. The van der Waals surface area contributed by atoms with E-state index < -0.39 is 10.0 Å². The van der Waals surface area contributed by atoms with Crippen LogP contribution in [0, 0.1) is 0 Å². The first-order valence-corrected chi connectivity index (χ1v) is 10.5. The maximum Gasteiger partial charge on any atom is 0.243 e. The lowest BCUT2D eigenvalue weighted by Crippen LogP contribution is -2.41. The van der Waals surface area contributed by atoms with Crippen LogP contribution in [0.2, 0.25) is 0 Å². The van der Waals surface area contributed by atoms with Crippen molar-refractivity contribution in [1.29, 1.82) is 0 Å². The van der Waals surface area contributed by atoms with Gasteiger partial charge < -0.3 is 14.4 Å². The number of rotatable bonds is 7. The Balaban J connectivity index is 1.87. The van der Waals surface area contributed by atoms with E-state index in [0.29, 0.717) is 31.1 Å². The highest BCUT2D eigenvalue weighted by molar-refractivity contribution is 7.89. The second kappa shape index (κ2) is 8.62. The molecule has 3 rings (SSSR count). The molecule has 0 atom stereocenters. The number of ether oxygens (including phenoxy) is 2. The van der Waals surface area contributed by atoms with Crippen molar-refractivity contribution < 1.29 is 22.7 Å². The summed E-state index contributed by atoms with van der Waals surface area (Å²) in [4.78, 5) is 13.7. The summed E-state index contributed by atoms with van der Waals surface area (Å²) in [5.74, 6) is 0.633. The maximum absolute atomic E-state index is 13.3. The van der Waals surface area contributed by atoms with E-state index in [1.165, 1.54) is 21.3 Å². The van der Waals surface area contributed by atoms with E-state index >= 15 is 0 Å². The molecule has 150 valence electrons. The van der Waals surface area contributed by atoms with Crippen molar-refractivity contribution in [1.82, 2.24) is 9.21 Å². The summed E-state index contributed by atoms with van der Waals surface area (Å²) in [6.07, 6.45) is 0.505. The SMILES string of the molecule is CN(C)C(=O)CN(CCc1ccccc1)S(=O)(=O)c1ccc2c(c1)OCCO2. The van der Waals surface area contributed by atoms with Gasteiger partial charge in [0.2, 0.25) is 15.9 Å². The zero-order chi connectivity index (χ0) is 20.1. The first kappa shape index (κ1) is 20.2. The largest absolute Gasteiger partial charge is 0.486 e. The summed E-state index contributed by atoms with van der Waals surface area (Å²) in [7, 11) is -0.672. The number of carbonyl (C=O) groups excluding carboxylic acids is 1. The van der Waals surface area contributed by atoms with E-state index in [1.807, 2.05) is 30.3 Å². The van der Waals surface area contributed by atoms with Crippen LogP contribution in [-0.4, -0.2) is 63.9 Å². The highest BCUT2D eigenvalue weighted by atomic mass is 32.2. The average molecular weight is 404 g/mol. The van der Waals surface area contributed by atoms with Crippen LogP contribution in [0.1, 0.15) is 5.56 Å². The van der Waals surface area contributed by atoms with Gasteiger partial charge in [0.15, 0.2) is 11.5 Å². The number of nitrogens with zero attached hydrogens (tertiary/aromatic N) is 2. The predicted molar refractivity (Wildman–Crippen MR) is 105 cm³/mol. The van der Waals surface area contributed by atoms with Crippen molar-refractivity contribution >= 4 is 15.9 Å². The van der Waals surface area contributed by atoms with E-state index in [1.54, 1.807) is 20.2 Å². The number of sulfonamides is 1. The van der Waals surface area contributed by atoms with Gasteiger partial charge in [-0.2, -0.15) is 4.31 Å². The Labute approximate surface area is 165 Å². The molecule has 0 radical (unpaired) electrons. The molecule has 0 fully saturated rings. The topological polar surface area (TPSA) is 76.2 Å². The molecule has 0 N–H and O–H groups in total. The van der Waals surface area contributed by atoms with Crippen molar-refractivity contribution in [2.75, 3.05) is 40.4 Å². The summed E-state index contributed by atoms with van der Waals surface area (Å²) in [5, 5.41) is 0. The normalized spacial score (nSPS) is 13.4. The molecule has 1 aliphatic rings. The molecule has 1 amide bonds. The lowest BCUT2D eigenvalue weighted by Gasteiger charge is -2.24. The Morgan fingerprint density at radius 2 is 1.68 bits per heavy atom. The van der Waals surface area contributed by atoms with Crippen molar-refractivity contribution in [2.45, 2.75) is 11.3 Å². The van der Waals surface area contributed by atoms with Crippen LogP contribution in [0.3, 0.4) is 0 Å². The van der Waals surface area contributed by atoms with Crippen LogP contribution < -0.4 is 9.47 Å². The minimum Gasteiger partial charge on any atom is -0.486 e. The van der Waals surface area contributed by atoms with Gasteiger partial charge in [-0.1, -0.05) is 30.3 Å². The number of likely N-dealkylation sites (N-methyl/N-ethyl adjacent to an activating group) is 1. The van der Waals surface area contributed by atoms with Gasteiger partial charge in [-0.3, -0.25) is 4.79 Å². The molecule has 0 bridgehead atoms. The Morgan fingerprint density at radius 3 is 2.36 bits per heavy atom. The van der Waals surface area contributed by atoms with Gasteiger partial charge in [0.25, 0.3) is 0 Å². The molecule has 0 aliphatic carbocycles. The highest BCUT2D eigenvalue weighted by Crippen LogP contribution is 2.33. The molecule has 0 saturated heterocycles. The van der Waals surface area contributed by atoms with Crippen LogP contribution >= 0.6 is 0 Å². The highest BCUT2D eigenvalue weighted by Gasteiger charge is 2.28. The fourth-order valence-electron chi connectivity index (χ4n) is 2.81. The van der Waals surface area contributed by atoms with Crippen molar-refractivity contribution in [3.05, 3.63) is 54.1 Å². The summed E-state index contributed by atoms with van der Waals surface area (Å²) in [6.45, 7) is 0.768. The van der Waals surface area contributed by atoms with Crippen LogP contribution in [0.25, 0.3) is 0 Å². The average Bonchev–Trinajstić information content (AvgIpc) is 2.71. The monoisotopic (exact) mass is 404 g/mol. The van der Waals surface area contributed by atoms with Gasteiger partial charge in [0.1, 0.15) is 13.2 Å². The van der Waals surface area contributed by atoms with Gasteiger partial charge in [-0.15, -0.1) is 0 Å². The lowest BCUT2D eigenvalue weighted by molar-refractivity contribution is -0.128. The van der Waals surface area contributed by atoms with Crippen LogP contribution in [-0.2, 0) is 21.2 Å². The first-order chi connectivity index (χ1) is 13.4.